The number of nitrogens with one attached hydrogen (secondary N) is 1. The number of hydrogen-bond acceptors (Lipinski definition) is 6. The minimum atomic E-state index is -4.59. The molecule has 142 valence electrons. The number of halogens is 3. The van der Waals surface area contributed by atoms with E-state index in [2.05, 4.69) is 5.32 Å². The highest BCUT2D eigenvalue weighted by molar-refractivity contribution is 6.15. The first-order valence-electron chi connectivity index (χ1n) is 7.70. The fourth-order valence-electron chi connectivity index (χ4n) is 2.12. The van der Waals surface area contributed by atoms with Gasteiger partial charge in [0.25, 0.3) is 5.79 Å². The van der Waals surface area contributed by atoms with Crippen molar-refractivity contribution in [2.24, 2.45) is 0 Å². The number of rotatable bonds is 4. The molecule has 6 nitrogen and oxygen atoms in total. The molecule has 1 aromatic rings. The summed E-state index contributed by atoms with van der Waals surface area (Å²) in [4.78, 5) is 23.7. The summed E-state index contributed by atoms with van der Waals surface area (Å²) in [5.74, 6) is -3.29. The number of hydrogen-bond donors (Lipinski definition) is 1. The molecule has 0 bridgehead atoms. The normalized spacial score (nSPS) is 16.8. The average Bonchev–Trinajstić information content (AvgIpc) is 2.43. The topological polar surface area (TPSA) is 73.9 Å². The second-order valence-electron chi connectivity index (χ2n) is 6.29. The fourth-order valence-corrected chi connectivity index (χ4v) is 2.12. The minimum absolute atomic E-state index is 0.00865. The van der Waals surface area contributed by atoms with Crippen LogP contribution in [0.2, 0.25) is 0 Å². The summed E-state index contributed by atoms with van der Waals surface area (Å²) >= 11 is 0. The maximum atomic E-state index is 13.0. The lowest BCUT2D eigenvalue weighted by Gasteiger charge is -2.29. The van der Waals surface area contributed by atoms with Crippen molar-refractivity contribution >= 4 is 17.6 Å². The Morgan fingerprint density at radius 1 is 1.12 bits per heavy atom. The van der Waals surface area contributed by atoms with Gasteiger partial charge in [0.15, 0.2) is 5.57 Å². The Morgan fingerprint density at radius 2 is 1.69 bits per heavy atom. The second-order valence-corrected chi connectivity index (χ2v) is 6.29. The molecule has 1 aromatic carbocycles. The average molecular weight is 373 g/mol. The number of esters is 2. The zero-order chi connectivity index (χ0) is 19.7. The van der Waals surface area contributed by atoms with Gasteiger partial charge in [-0.15, -0.1) is 0 Å². The highest BCUT2D eigenvalue weighted by atomic mass is 19.4. The zero-order valence-electron chi connectivity index (χ0n) is 14.6. The van der Waals surface area contributed by atoms with E-state index in [9.17, 15) is 22.8 Å². The van der Waals surface area contributed by atoms with Crippen LogP contribution >= 0.6 is 0 Å². The van der Waals surface area contributed by atoms with Gasteiger partial charge in [0.05, 0.1) is 11.7 Å². The Hall–Kier alpha value is -2.71. The fraction of sp³-hybridized carbons (Fsp3) is 0.412. The molecule has 1 heterocycles. The van der Waals surface area contributed by atoms with Crippen molar-refractivity contribution in [2.45, 2.75) is 45.8 Å². The van der Waals surface area contributed by atoms with Gasteiger partial charge >= 0.3 is 18.1 Å². The number of alkyl halides is 3. The quantitative estimate of drug-likeness (QED) is 0.494. The highest BCUT2D eigenvalue weighted by Crippen LogP contribution is 2.34. The Kier molecular flexibility index (Phi) is 5.20. The van der Waals surface area contributed by atoms with E-state index in [0.717, 1.165) is 18.3 Å². The molecule has 1 fully saturated rings. The molecular formula is C17H18F3NO5. The molecule has 9 heteroatoms. The molecular weight excluding hydrogens is 355 g/mol. The van der Waals surface area contributed by atoms with Crippen molar-refractivity contribution in [3.63, 3.8) is 0 Å². The molecule has 0 saturated carbocycles. The number of anilines is 1. The standard InChI is InChI=1S/C17H18F3NO5/c1-9(2)24-12-6-10(17(18,19)20)5-11(7-12)21-8-13-14(22)25-16(3,4)26-15(13)23/h5-9,21H,1-4H3. The first-order valence-corrected chi connectivity index (χ1v) is 7.70. The molecule has 1 aliphatic rings. The van der Waals surface area contributed by atoms with E-state index in [1.165, 1.54) is 19.9 Å². The first-order chi connectivity index (χ1) is 11.9. The SMILES string of the molecule is CC(C)Oc1cc(NC=C2C(=O)OC(C)(C)OC2=O)cc(C(F)(F)F)c1. The van der Waals surface area contributed by atoms with Gasteiger partial charge < -0.3 is 19.5 Å². The van der Waals surface area contributed by atoms with Crippen molar-refractivity contribution < 1.29 is 37.0 Å². The molecule has 0 radical (unpaired) electrons. The van der Waals surface area contributed by atoms with Crippen LogP contribution in [0.5, 0.6) is 5.75 Å². The molecule has 1 aliphatic heterocycles. The maximum Gasteiger partial charge on any atom is 0.416 e. The van der Waals surface area contributed by atoms with Gasteiger partial charge in [0, 0.05) is 31.8 Å². The maximum absolute atomic E-state index is 13.0. The lowest BCUT2D eigenvalue weighted by molar-refractivity contribution is -0.222. The van der Waals surface area contributed by atoms with Crippen LogP contribution in [0.3, 0.4) is 0 Å². The van der Waals surface area contributed by atoms with Crippen molar-refractivity contribution in [1.82, 2.24) is 0 Å². The van der Waals surface area contributed by atoms with Gasteiger partial charge in [-0.3, -0.25) is 0 Å². The number of carbonyl (C=O) groups is 2. The molecule has 0 spiro atoms. The van der Waals surface area contributed by atoms with E-state index in [-0.39, 0.29) is 17.5 Å². The minimum Gasteiger partial charge on any atom is -0.491 e. The van der Waals surface area contributed by atoms with E-state index in [1.54, 1.807) is 13.8 Å². The predicted molar refractivity (Wildman–Crippen MR) is 85.2 cm³/mol. The van der Waals surface area contributed by atoms with Gasteiger partial charge in [-0.2, -0.15) is 13.2 Å². The van der Waals surface area contributed by atoms with Crippen LogP contribution in [0.15, 0.2) is 30.0 Å². The number of carbonyl (C=O) groups excluding carboxylic acids is 2. The largest absolute Gasteiger partial charge is 0.491 e. The summed E-state index contributed by atoms with van der Waals surface area (Å²) in [6, 6.07) is 3.01. The number of ether oxygens (including phenoxy) is 3. The summed E-state index contributed by atoms with van der Waals surface area (Å²) in [6.45, 7) is 6.11. The Morgan fingerprint density at radius 3 is 2.19 bits per heavy atom. The van der Waals surface area contributed by atoms with E-state index < -0.39 is 35.0 Å². The number of benzene rings is 1. The van der Waals surface area contributed by atoms with Crippen LogP contribution in [-0.2, 0) is 25.2 Å². The van der Waals surface area contributed by atoms with E-state index >= 15 is 0 Å². The van der Waals surface area contributed by atoms with Crippen molar-refractivity contribution in [3.05, 3.63) is 35.5 Å². The monoisotopic (exact) mass is 373 g/mol. The molecule has 0 amide bonds. The van der Waals surface area contributed by atoms with E-state index in [0.29, 0.717) is 0 Å². The van der Waals surface area contributed by atoms with Crippen LogP contribution in [-0.4, -0.2) is 23.8 Å². The summed E-state index contributed by atoms with van der Waals surface area (Å²) < 4.78 is 54.2. The Balaban J connectivity index is 2.31. The molecule has 1 saturated heterocycles. The summed E-state index contributed by atoms with van der Waals surface area (Å²) in [5, 5.41) is 2.48. The van der Waals surface area contributed by atoms with Gasteiger partial charge in [0.1, 0.15) is 5.75 Å². The summed E-state index contributed by atoms with van der Waals surface area (Å²) in [7, 11) is 0. The third kappa shape index (κ3) is 4.90. The lowest BCUT2D eigenvalue weighted by atomic mass is 10.1. The molecule has 1 N–H and O–H groups in total. The summed E-state index contributed by atoms with van der Waals surface area (Å²) in [6.07, 6.45) is -3.99. The smallest absolute Gasteiger partial charge is 0.416 e. The molecule has 0 unspecified atom stereocenters. The molecule has 26 heavy (non-hydrogen) atoms. The van der Waals surface area contributed by atoms with Crippen LogP contribution in [0.1, 0.15) is 33.3 Å². The van der Waals surface area contributed by atoms with Crippen LogP contribution in [0.25, 0.3) is 0 Å². The van der Waals surface area contributed by atoms with E-state index in [1.807, 2.05) is 0 Å². The zero-order valence-corrected chi connectivity index (χ0v) is 14.6. The van der Waals surface area contributed by atoms with E-state index in [4.69, 9.17) is 14.2 Å². The predicted octanol–water partition coefficient (Wildman–Crippen LogP) is 3.62. The molecule has 0 atom stereocenters. The highest BCUT2D eigenvalue weighted by Gasteiger charge is 2.39. The van der Waals surface area contributed by atoms with Crippen molar-refractivity contribution in [3.8, 4) is 5.75 Å². The molecule has 0 aromatic heterocycles. The molecule has 0 aliphatic carbocycles. The van der Waals surface area contributed by atoms with Gasteiger partial charge in [-0.1, -0.05) is 0 Å². The van der Waals surface area contributed by atoms with Crippen molar-refractivity contribution in [2.75, 3.05) is 5.32 Å². The Bertz CT molecular complexity index is 731. The lowest BCUT2D eigenvalue weighted by Crippen LogP contribution is -2.42. The van der Waals surface area contributed by atoms with Crippen LogP contribution < -0.4 is 10.1 Å². The van der Waals surface area contributed by atoms with Gasteiger partial charge in [-0.05, 0) is 26.0 Å². The third-order valence-electron chi connectivity index (χ3n) is 3.11. The van der Waals surface area contributed by atoms with Crippen molar-refractivity contribution in [1.29, 1.82) is 0 Å². The van der Waals surface area contributed by atoms with Gasteiger partial charge in [-0.25, -0.2) is 9.59 Å². The summed E-state index contributed by atoms with van der Waals surface area (Å²) in [5.41, 5.74) is -1.42. The first kappa shape index (κ1) is 19.6. The third-order valence-corrected chi connectivity index (χ3v) is 3.11. The van der Waals surface area contributed by atoms with Crippen LogP contribution in [0, 0.1) is 0 Å². The number of cyclic esters (lactones) is 2. The Labute approximate surface area is 147 Å². The van der Waals surface area contributed by atoms with Gasteiger partial charge in [0.2, 0.25) is 0 Å². The second kappa shape index (κ2) is 6.89. The van der Waals surface area contributed by atoms with Crippen LogP contribution in [0.4, 0.5) is 18.9 Å². The molecule has 2 rings (SSSR count).